The second kappa shape index (κ2) is 12.4. The second-order valence-electron chi connectivity index (χ2n) is 11.7. The first-order valence-corrected chi connectivity index (χ1v) is 14.3. The first-order chi connectivity index (χ1) is 20.5. The van der Waals surface area contributed by atoms with Gasteiger partial charge in [0.25, 0.3) is 0 Å². The van der Waals surface area contributed by atoms with Crippen molar-refractivity contribution >= 4 is 22.6 Å². The zero-order valence-electron chi connectivity index (χ0n) is 25.1. The number of benzene rings is 3. The van der Waals surface area contributed by atoms with Crippen LogP contribution in [0.1, 0.15) is 44.5 Å². The van der Waals surface area contributed by atoms with Crippen LogP contribution < -0.4 is 15.4 Å². The number of amides is 1. The van der Waals surface area contributed by atoms with Crippen molar-refractivity contribution in [1.29, 1.82) is 0 Å². The fourth-order valence-corrected chi connectivity index (χ4v) is 4.62. The maximum Gasteiger partial charge on any atom is 0.242 e. The number of aliphatic hydroxyl groups is 1. The average Bonchev–Trinajstić information content (AvgIpc) is 3.58. The number of ether oxygens (including phenoxy) is 1. The van der Waals surface area contributed by atoms with Gasteiger partial charge in [0.15, 0.2) is 0 Å². The number of aromatic nitrogens is 4. The highest BCUT2D eigenvalue weighted by Gasteiger charge is 2.23. The van der Waals surface area contributed by atoms with E-state index in [1.165, 1.54) is 12.1 Å². The lowest BCUT2D eigenvalue weighted by Gasteiger charge is -2.17. The number of hydrogen-bond donors (Lipinski definition) is 3. The molecule has 3 aromatic carbocycles. The Labute approximate surface area is 250 Å². The number of nitrogens with one attached hydrogen (secondary N) is 2. The summed E-state index contributed by atoms with van der Waals surface area (Å²) in [5, 5.41) is 25.4. The van der Waals surface area contributed by atoms with Gasteiger partial charge >= 0.3 is 0 Å². The van der Waals surface area contributed by atoms with Crippen LogP contribution in [0.4, 0.5) is 10.2 Å². The van der Waals surface area contributed by atoms with Crippen LogP contribution in [0, 0.1) is 12.7 Å². The Bertz CT molecular complexity index is 1740. The third-order valence-corrected chi connectivity index (χ3v) is 7.18. The molecule has 1 atom stereocenters. The predicted molar refractivity (Wildman–Crippen MR) is 165 cm³/mol. The smallest absolute Gasteiger partial charge is 0.242 e. The van der Waals surface area contributed by atoms with Crippen LogP contribution in [0.5, 0.6) is 11.5 Å². The van der Waals surface area contributed by atoms with E-state index in [9.17, 15) is 14.3 Å². The third kappa shape index (κ3) is 6.93. The first kappa shape index (κ1) is 29.9. The lowest BCUT2D eigenvalue weighted by atomic mass is 9.92. The topological polar surface area (TPSA) is 106 Å². The fourth-order valence-electron chi connectivity index (χ4n) is 4.62. The molecule has 0 saturated heterocycles. The van der Waals surface area contributed by atoms with Crippen LogP contribution in [0.3, 0.4) is 0 Å². The van der Waals surface area contributed by atoms with E-state index in [4.69, 9.17) is 9.84 Å². The minimum atomic E-state index is -0.607. The highest BCUT2D eigenvalue weighted by Crippen LogP contribution is 2.30. The van der Waals surface area contributed by atoms with Crippen molar-refractivity contribution in [2.24, 2.45) is 0 Å². The van der Waals surface area contributed by atoms with Crippen LogP contribution in [0.25, 0.3) is 16.6 Å². The summed E-state index contributed by atoms with van der Waals surface area (Å²) in [7, 11) is 0. The van der Waals surface area contributed by atoms with E-state index in [2.05, 4.69) is 36.5 Å². The molecule has 224 valence electrons. The SMILES string of the molecule is Cc1ccc(-n2nc(C(C)(C)C)cc2NC(=O)C(C)NCc2cc(F)ccc2Oc2ccc3c(cnn3CCO)c2)cc1. The number of nitrogens with zero attached hydrogens (tertiary/aromatic N) is 4. The van der Waals surface area contributed by atoms with E-state index in [1.54, 1.807) is 34.6 Å². The number of aliphatic hydroxyl groups excluding tert-OH is 1. The molecule has 9 nitrogen and oxygen atoms in total. The molecule has 0 saturated carbocycles. The summed E-state index contributed by atoms with van der Waals surface area (Å²) < 4.78 is 23.9. The fraction of sp³-hybridized carbons (Fsp3) is 0.303. The normalized spacial score (nSPS) is 12.4. The monoisotopic (exact) mass is 584 g/mol. The molecule has 1 unspecified atom stereocenters. The first-order valence-electron chi connectivity index (χ1n) is 14.3. The van der Waals surface area contributed by atoms with Crippen molar-refractivity contribution in [2.75, 3.05) is 11.9 Å². The summed E-state index contributed by atoms with van der Waals surface area (Å²) in [6.07, 6.45) is 1.71. The third-order valence-electron chi connectivity index (χ3n) is 7.18. The zero-order chi connectivity index (χ0) is 30.7. The molecule has 0 fully saturated rings. The molecule has 0 bridgehead atoms. The minimum Gasteiger partial charge on any atom is -0.457 e. The molecule has 10 heteroatoms. The van der Waals surface area contributed by atoms with Crippen LogP contribution in [-0.4, -0.2) is 43.2 Å². The number of halogens is 1. The Balaban J connectivity index is 1.30. The van der Waals surface area contributed by atoms with Gasteiger partial charge in [-0.1, -0.05) is 38.5 Å². The standard InChI is InChI=1S/C33H37FN6O3/c1-21-6-9-26(10-7-21)40-31(18-30(38-40)33(3,4)5)37-32(42)22(2)35-19-24-16-25(34)8-13-29(24)43-27-11-12-28-23(17-27)20-36-39(28)14-15-41/h6-13,16-18,20,22,35,41H,14-15,19H2,1-5H3,(H,37,42). The number of carbonyl (C=O) groups is 1. The molecule has 5 rings (SSSR count). The van der Waals surface area contributed by atoms with Crippen molar-refractivity contribution in [3.05, 3.63) is 95.6 Å². The van der Waals surface area contributed by atoms with Crippen LogP contribution >= 0.6 is 0 Å². The molecule has 0 spiro atoms. The molecule has 2 heterocycles. The molecular weight excluding hydrogens is 547 g/mol. The van der Waals surface area contributed by atoms with Crippen LogP contribution in [0.2, 0.25) is 0 Å². The molecule has 0 aliphatic rings. The van der Waals surface area contributed by atoms with Gasteiger partial charge in [-0.15, -0.1) is 0 Å². The number of carbonyl (C=O) groups excluding carboxylic acids is 1. The summed E-state index contributed by atoms with van der Waals surface area (Å²) in [5.41, 5.74) is 4.06. The van der Waals surface area contributed by atoms with E-state index in [0.29, 0.717) is 29.4 Å². The largest absolute Gasteiger partial charge is 0.457 e. The Morgan fingerprint density at radius 2 is 1.84 bits per heavy atom. The number of hydrogen-bond acceptors (Lipinski definition) is 6. The molecule has 43 heavy (non-hydrogen) atoms. The summed E-state index contributed by atoms with van der Waals surface area (Å²) in [5.74, 6) is 0.945. The molecule has 0 aliphatic heterocycles. The Morgan fingerprint density at radius 3 is 2.56 bits per heavy atom. The summed E-state index contributed by atoms with van der Waals surface area (Å²) >= 11 is 0. The van der Waals surface area contributed by atoms with Crippen molar-refractivity contribution in [1.82, 2.24) is 24.9 Å². The highest BCUT2D eigenvalue weighted by atomic mass is 19.1. The molecule has 0 radical (unpaired) electrons. The van der Waals surface area contributed by atoms with Gasteiger partial charge in [-0.05, 0) is 62.4 Å². The van der Waals surface area contributed by atoms with Crippen molar-refractivity contribution in [3.63, 3.8) is 0 Å². The van der Waals surface area contributed by atoms with Gasteiger partial charge in [0.2, 0.25) is 5.91 Å². The molecule has 5 aromatic rings. The maximum atomic E-state index is 14.3. The summed E-state index contributed by atoms with van der Waals surface area (Å²) in [6, 6.07) is 19.1. The van der Waals surface area contributed by atoms with E-state index in [0.717, 1.165) is 27.8 Å². The number of rotatable bonds is 10. The van der Waals surface area contributed by atoms with Gasteiger partial charge in [-0.25, -0.2) is 9.07 Å². The van der Waals surface area contributed by atoms with Crippen LogP contribution in [0.15, 0.2) is 72.9 Å². The van der Waals surface area contributed by atoms with Gasteiger partial charge in [0.05, 0.1) is 42.3 Å². The zero-order valence-corrected chi connectivity index (χ0v) is 25.1. The van der Waals surface area contributed by atoms with E-state index in [1.807, 2.05) is 49.4 Å². The molecule has 0 aliphatic carbocycles. The van der Waals surface area contributed by atoms with Crippen molar-refractivity contribution in [2.45, 2.75) is 59.2 Å². The minimum absolute atomic E-state index is 0.00818. The van der Waals surface area contributed by atoms with E-state index >= 15 is 0 Å². The quantitative estimate of drug-likeness (QED) is 0.190. The second-order valence-corrected chi connectivity index (χ2v) is 11.7. The average molecular weight is 585 g/mol. The summed E-state index contributed by atoms with van der Waals surface area (Å²) in [6.45, 7) is 10.6. The van der Waals surface area contributed by atoms with E-state index in [-0.39, 0.29) is 24.5 Å². The van der Waals surface area contributed by atoms with Gasteiger partial charge in [0, 0.05) is 29.0 Å². The summed E-state index contributed by atoms with van der Waals surface area (Å²) in [4.78, 5) is 13.3. The Hall–Kier alpha value is -4.54. The molecule has 1 amide bonds. The molecule has 3 N–H and O–H groups in total. The van der Waals surface area contributed by atoms with Gasteiger partial charge in [0.1, 0.15) is 23.1 Å². The predicted octanol–water partition coefficient (Wildman–Crippen LogP) is 5.87. The van der Waals surface area contributed by atoms with Crippen molar-refractivity contribution < 1.29 is 19.0 Å². The van der Waals surface area contributed by atoms with Gasteiger partial charge < -0.3 is 20.5 Å². The maximum absolute atomic E-state index is 14.3. The van der Waals surface area contributed by atoms with E-state index < -0.39 is 11.9 Å². The molecule has 2 aromatic heterocycles. The number of fused-ring (bicyclic) bond motifs is 1. The number of anilines is 1. The lowest BCUT2D eigenvalue weighted by molar-refractivity contribution is -0.117. The molecular formula is C33H37FN6O3. The Kier molecular flexibility index (Phi) is 8.61. The highest BCUT2D eigenvalue weighted by molar-refractivity contribution is 5.94. The lowest BCUT2D eigenvalue weighted by Crippen LogP contribution is -2.38. The van der Waals surface area contributed by atoms with Crippen LogP contribution in [-0.2, 0) is 23.3 Å². The van der Waals surface area contributed by atoms with Crippen molar-refractivity contribution in [3.8, 4) is 17.2 Å². The van der Waals surface area contributed by atoms with Gasteiger partial charge in [-0.2, -0.15) is 10.2 Å². The Morgan fingerprint density at radius 1 is 1.07 bits per heavy atom. The number of aryl methyl sites for hydroxylation is 1. The van der Waals surface area contributed by atoms with Gasteiger partial charge in [-0.3, -0.25) is 9.48 Å².